The van der Waals surface area contributed by atoms with Crippen LogP contribution in [0.15, 0.2) is 60.7 Å². The van der Waals surface area contributed by atoms with Gasteiger partial charge in [-0.3, -0.25) is 0 Å². The number of benzene rings is 3. The number of ether oxygens (including phenoxy) is 1. The summed E-state index contributed by atoms with van der Waals surface area (Å²) in [5.41, 5.74) is 2.48. The molecule has 1 aliphatic carbocycles. The van der Waals surface area contributed by atoms with Gasteiger partial charge in [0.2, 0.25) is 0 Å². The van der Waals surface area contributed by atoms with Crippen molar-refractivity contribution in [3.05, 3.63) is 89.2 Å². The highest BCUT2D eigenvalue weighted by molar-refractivity contribution is 5.64. The molecule has 0 aliphatic heterocycles. The Balaban J connectivity index is 1.45. The lowest BCUT2D eigenvalue weighted by Crippen LogP contribution is -2.22. The second-order valence-corrected chi connectivity index (χ2v) is 8.64. The molecular weight excluding hydrogens is 435 g/mol. The van der Waals surface area contributed by atoms with Crippen LogP contribution in [0.25, 0.3) is 11.1 Å². The minimum Gasteiger partial charge on any atom is -0.429 e. The molecule has 0 bridgehead atoms. The van der Waals surface area contributed by atoms with Crippen LogP contribution < -0.4 is 4.74 Å². The van der Waals surface area contributed by atoms with Gasteiger partial charge in [0.05, 0.1) is 5.56 Å². The van der Waals surface area contributed by atoms with E-state index in [1.54, 1.807) is 12.1 Å². The topological polar surface area (TPSA) is 9.23 Å². The Morgan fingerprint density at radius 1 is 0.788 bits per heavy atom. The fourth-order valence-electron chi connectivity index (χ4n) is 4.51. The molecule has 0 unspecified atom stereocenters. The first-order valence-electron chi connectivity index (χ1n) is 11.2. The van der Waals surface area contributed by atoms with Crippen molar-refractivity contribution in [2.45, 2.75) is 51.1 Å². The van der Waals surface area contributed by atoms with Crippen LogP contribution in [0.5, 0.6) is 5.75 Å². The molecule has 1 aliphatic rings. The standard InChI is InChI=1S/C27H25F5O/c1-2-17-3-5-18(6-4-17)19-7-9-20(10-8-19)21-11-13-22(14-12-21)27(31,32)33-23-15-24(28)26(30)25(29)16-23/h7-18H,2-6H2,1H3. The van der Waals surface area contributed by atoms with E-state index in [1.807, 2.05) is 12.1 Å². The Labute approximate surface area is 190 Å². The summed E-state index contributed by atoms with van der Waals surface area (Å²) >= 11 is 0. The largest absolute Gasteiger partial charge is 0.429 e. The highest BCUT2D eigenvalue weighted by Crippen LogP contribution is 2.38. The fourth-order valence-corrected chi connectivity index (χ4v) is 4.51. The van der Waals surface area contributed by atoms with Gasteiger partial charge in [0.15, 0.2) is 17.5 Å². The molecule has 0 atom stereocenters. The second kappa shape index (κ2) is 9.54. The maximum absolute atomic E-state index is 14.5. The number of rotatable bonds is 6. The van der Waals surface area contributed by atoms with Crippen LogP contribution in [-0.2, 0) is 6.11 Å². The van der Waals surface area contributed by atoms with E-state index >= 15 is 0 Å². The molecule has 33 heavy (non-hydrogen) atoms. The van der Waals surface area contributed by atoms with E-state index in [1.165, 1.54) is 49.8 Å². The van der Waals surface area contributed by atoms with Gasteiger partial charge >= 0.3 is 6.11 Å². The smallest absolute Gasteiger partial charge is 0.426 e. The van der Waals surface area contributed by atoms with E-state index in [4.69, 9.17) is 0 Å². The molecule has 0 spiro atoms. The Hall–Kier alpha value is -2.89. The summed E-state index contributed by atoms with van der Waals surface area (Å²) in [6.07, 6.45) is 2.31. The van der Waals surface area contributed by atoms with Crippen LogP contribution in [0.1, 0.15) is 56.1 Å². The third-order valence-corrected chi connectivity index (χ3v) is 6.56. The van der Waals surface area contributed by atoms with Gasteiger partial charge in [-0.1, -0.05) is 49.7 Å². The van der Waals surface area contributed by atoms with Crippen molar-refractivity contribution in [1.29, 1.82) is 0 Å². The maximum Gasteiger partial charge on any atom is 0.426 e. The summed E-state index contributed by atoms with van der Waals surface area (Å²) in [6.45, 7) is 2.25. The van der Waals surface area contributed by atoms with E-state index in [0.29, 0.717) is 18.1 Å². The number of hydrogen-bond acceptors (Lipinski definition) is 1. The first kappa shape index (κ1) is 23.3. The lowest BCUT2D eigenvalue weighted by Gasteiger charge is -2.28. The van der Waals surface area contributed by atoms with Gasteiger partial charge in [0.1, 0.15) is 5.75 Å². The average molecular weight is 460 g/mol. The van der Waals surface area contributed by atoms with E-state index in [0.717, 1.165) is 17.0 Å². The van der Waals surface area contributed by atoms with Gasteiger partial charge in [0, 0.05) is 12.1 Å². The normalized spacial score (nSPS) is 18.8. The predicted octanol–water partition coefficient (Wildman–Crippen LogP) is 8.58. The third kappa shape index (κ3) is 5.21. The number of hydrogen-bond donors (Lipinski definition) is 0. The van der Waals surface area contributed by atoms with Gasteiger partial charge in [0.25, 0.3) is 0 Å². The molecule has 0 N–H and O–H groups in total. The second-order valence-electron chi connectivity index (χ2n) is 8.64. The van der Waals surface area contributed by atoms with Crippen molar-refractivity contribution in [2.24, 2.45) is 5.92 Å². The maximum atomic E-state index is 14.5. The highest BCUT2D eigenvalue weighted by atomic mass is 19.3. The average Bonchev–Trinajstić information content (AvgIpc) is 2.82. The zero-order valence-electron chi connectivity index (χ0n) is 18.3. The fraction of sp³-hybridized carbons (Fsp3) is 0.333. The van der Waals surface area contributed by atoms with Gasteiger partial charge in [-0.2, -0.15) is 8.78 Å². The first-order chi connectivity index (χ1) is 15.8. The quantitative estimate of drug-likeness (QED) is 0.264. The molecule has 0 amide bonds. The van der Waals surface area contributed by atoms with Crippen LogP contribution >= 0.6 is 0 Å². The molecule has 174 valence electrons. The monoisotopic (exact) mass is 460 g/mol. The Morgan fingerprint density at radius 3 is 1.82 bits per heavy atom. The number of alkyl halides is 2. The molecule has 0 aromatic heterocycles. The van der Waals surface area contributed by atoms with Crippen molar-refractivity contribution < 1.29 is 26.7 Å². The van der Waals surface area contributed by atoms with Crippen LogP contribution in [0.3, 0.4) is 0 Å². The molecular formula is C27H25F5O. The molecule has 0 saturated heterocycles. The van der Waals surface area contributed by atoms with E-state index in [2.05, 4.69) is 23.8 Å². The molecule has 0 heterocycles. The molecule has 1 saturated carbocycles. The lowest BCUT2D eigenvalue weighted by molar-refractivity contribution is -0.185. The van der Waals surface area contributed by atoms with Gasteiger partial charge in [-0.15, -0.1) is 0 Å². The molecule has 3 aromatic carbocycles. The molecule has 4 rings (SSSR count). The van der Waals surface area contributed by atoms with Crippen LogP contribution in [-0.4, -0.2) is 0 Å². The summed E-state index contributed by atoms with van der Waals surface area (Å²) < 4.78 is 73.1. The van der Waals surface area contributed by atoms with Gasteiger partial charge in [-0.05, 0) is 66.3 Å². The van der Waals surface area contributed by atoms with Crippen LogP contribution in [0, 0.1) is 23.4 Å². The SMILES string of the molecule is CCC1CCC(c2ccc(-c3ccc(C(F)(F)Oc4cc(F)c(F)c(F)c4)cc3)cc2)CC1. The van der Waals surface area contributed by atoms with Crippen molar-refractivity contribution in [2.75, 3.05) is 0 Å². The molecule has 0 radical (unpaired) electrons. The third-order valence-electron chi connectivity index (χ3n) is 6.56. The minimum absolute atomic E-state index is 0.386. The highest BCUT2D eigenvalue weighted by Gasteiger charge is 2.35. The molecule has 3 aromatic rings. The number of halogens is 5. The first-order valence-corrected chi connectivity index (χ1v) is 11.2. The molecule has 6 heteroatoms. The Kier molecular flexibility index (Phi) is 6.73. The van der Waals surface area contributed by atoms with Crippen LogP contribution in [0.2, 0.25) is 0 Å². The summed E-state index contributed by atoms with van der Waals surface area (Å²) in [4.78, 5) is 0. The molecule has 1 nitrogen and oxygen atoms in total. The summed E-state index contributed by atoms with van der Waals surface area (Å²) in [5, 5.41) is 0. The predicted molar refractivity (Wildman–Crippen MR) is 118 cm³/mol. The van der Waals surface area contributed by atoms with Crippen LogP contribution in [0.4, 0.5) is 22.0 Å². The van der Waals surface area contributed by atoms with Gasteiger partial charge < -0.3 is 4.74 Å². The van der Waals surface area contributed by atoms with Crippen molar-refractivity contribution in [3.8, 4) is 16.9 Å². The van der Waals surface area contributed by atoms with Crippen molar-refractivity contribution in [1.82, 2.24) is 0 Å². The Bertz CT molecular complexity index is 1060. The lowest BCUT2D eigenvalue weighted by atomic mass is 9.77. The molecule has 1 fully saturated rings. The zero-order chi connectivity index (χ0) is 23.6. The van der Waals surface area contributed by atoms with Crippen molar-refractivity contribution in [3.63, 3.8) is 0 Å². The Morgan fingerprint density at radius 2 is 1.30 bits per heavy atom. The van der Waals surface area contributed by atoms with Gasteiger partial charge in [-0.25, -0.2) is 13.2 Å². The zero-order valence-corrected chi connectivity index (χ0v) is 18.3. The minimum atomic E-state index is -3.85. The van der Waals surface area contributed by atoms with Crippen molar-refractivity contribution >= 4 is 0 Å². The summed E-state index contributed by atoms with van der Waals surface area (Å²) in [6, 6.07) is 14.5. The summed E-state index contributed by atoms with van der Waals surface area (Å²) in [7, 11) is 0. The van der Waals surface area contributed by atoms with E-state index in [9.17, 15) is 22.0 Å². The van der Waals surface area contributed by atoms with E-state index < -0.39 is 34.9 Å². The summed E-state index contributed by atoms with van der Waals surface area (Å²) in [5.74, 6) is -4.34. The van der Waals surface area contributed by atoms with E-state index in [-0.39, 0.29) is 0 Å².